The molecule has 0 radical (unpaired) electrons. The molecule has 4 rings (SSSR count). The predicted molar refractivity (Wildman–Crippen MR) is 146 cm³/mol. The molecule has 0 aliphatic rings. The molecule has 4 aromatic carbocycles. The Labute approximate surface area is 228 Å². The maximum atomic E-state index is 13.2. The fourth-order valence-corrected chi connectivity index (χ4v) is 5.05. The summed E-state index contributed by atoms with van der Waals surface area (Å²) in [4.78, 5) is 12.7. The topological polar surface area (TPSA) is 138 Å². The van der Waals surface area contributed by atoms with Gasteiger partial charge in [-0.1, -0.05) is 47.5 Å². The van der Waals surface area contributed by atoms with Crippen molar-refractivity contribution in [1.29, 1.82) is 0 Å². The van der Waals surface area contributed by atoms with Crippen LogP contribution < -0.4 is 10.1 Å². The standard InChI is InChI=1S/C26H21Cl2N3O6S/c1-3-37-22-13-16(8-9-20(22)28)29-26(33)18-12-15-6-4-5-7-17(15)23(24(18)32)31-30-21-11-10-19(27)14(2)25(21)38(34,35)36/h4-13,32H,3H2,1-2H3,(H,29,33)(H,34,35,36). The summed E-state index contributed by atoms with van der Waals surface area (Å²) in [6.45, 7) is 3.59. The number of hydrogen-bond acceptors (Lipinski definition) is 7. The van der Waals surface area contributed by atoms with Crippen molar-refractivity contribution in [1.82, 2.24) is 0 Å². The van der Waals surface area contributed by atoms with Gasteiger partial charge in [0.2, 0.25) is 0 Å². The van der Waals surface area contributed by atoms with Crippen LogP contribution in [-0.4, -0.2) is 30.6 Å². The lowest BCUT2D eigenvalue weighted by atomic mass is 10.0. The number of azo groups is 1. The molecule has 0 saturated heterocycles. The monoisotopic (exact) mass is 573 g/mol. The third-order valence-corrected chi connectivity index (χ3v) is 7.32. The Hall–Kier alpha value is -3.70. The molecule has 1 amide bonds. The first-order valence-electron chi connectivity index (χ1n) is 11.2. The minimum absolute atomic E-state index is 0.0757. The van der Waals surface area contributed by atoms with Crippen molar-refractivity contribution >= 4 is 67.1 Å². The maximum absolute atomic E-state index is 13.2. The van der Waals surface area contributed by atoms with Crippen molar-refractivity contribution in [2.24, 2.45) is 10.2 Å². The normalized spacial score (nSPS) is 11.7. The number of carbonyl (C=O) groups excluding carboxylic acids is 1. The second-order valence-corrected chi connectivity index (χ2v) is 10.2. The Morgan fingerprint density at radius 3 is 2.45 bits per heavy atom. The van der Waals surface area contributed by atoms with E-state index in [-0.39, 0.29) is 27.5 Å². The molecule has 4 aromatic rings. The van der Waals surface area contributed by atoms with Crippen LogP contribution in [-0.2, 0) is 10.1 Å². The van der Waals surface area contributed by atoms with Gasteiger partial charge in [0.15, 0.2) is 5.75 Å². The minimum Gasteiger partial charge on any atom is -0.505 e. The number of amides is 1. The molecule has 0 aromatic heterocycles. The largest absolute Gasteiger partial charge is 0.505 e. The number of fused-ring (bicyclic) bond motifs is 1. The summed E-state index contributed by atoms with van der Waals surface area (Å²) in [5, 5.41) is 23.4. The zero-order valence-corrected chi connectivity index (χ0v) is 22.4. The van der Waals surface area contributed by atoms with Crippen molar-refractivity contribution in [2.45, 2.75) is 18.7 Å². The summed E-state index contributed by atoms with van der Waals surface area (Å²) in [5.41, 5.74) is 0.0914. The lowest BCUT2D eigenvalue weighted by Crippen LogP contribution is -2.12. The number of halogens is 2. The lowest BCUT2D eigenvalue weighted by molar-refractivity contribution is 0.102. The molecule has 0 saturated carbocycles. The van der Waals surface area contributed by atoms with Crippen LogP contribution in [0.5, 0.6) is 11.5 Å². The molecule has 0 atom stereocenters. The number of benzene rings is 4. The number of phenolic OH excluding ortho intramolecular Hbond substituents is 1. The van der Waals surface area contributed by atoms with Crippen molar-refractivity contribution in [3.63, 3.8) is 0 Å². The minimum atomic E-state index is -4.70. The van der Waals surface area contributed by atoms with Gasteiger partial charge in [-0.3, -0.25) is 9.35 Å². The van der Waals surface area contributed by atoms with E-state index in [0.717, 1.165) is 0 Å². The molecular weight excluding hydrogens is 553 g/mol. The van der Waals surface area contributed by atoms with E-state index in [4.69, 9.17) is 27.9 Å². The van der Waals surface area contributed by atoms with Crippen LogP contribution >= 0.6 is 23.2 Å². The zero-order valence-electron chi connectivity index (χ0n) is 20.1. The number of phenols is 1. The summed E-state index contributed by atoms with van der Waals surface area (Å²) in [6.07, 6.45) is 0. The Bertz CT molecular complexity index is 1710. The number of nitrogens with one attached hydrogen (secondary N) is 1. The zero-order chi connectivity index (χ0) is 27.6. The van der Waals surface area contributed by atoms with E-state index in [1.807, 2.05) is 0 Å². The van der Waals surface area contributed by atoms with Gasteiger partial charge in [-0.05, 0) is 55.1 Å². The van der Waals surface area contributed by atoms with E-state index in [1.165, 1.54) is 25.1 Å². The molecule has 0 aliphatic carbocycles. The molecule has 12 heteroatoms. The molecular formula is C26H21Cl2N3O6S. The molecule has 0 heterocycles. The van der Waals surface area contributed by atoms with E-state index >= 15 is 0 Å². The first kappa shape index (κ1) is 27.3. The first-order valence-corrected chi connectivity index (χ1v) is 13.4. The average molecular weight is 574 g/mol. The van der Waals surface area contributed by atoms with E-state index in [2.05, 4.69) is 15.5 Å². The summed E-state index contributed by atoms with van der Waals surface area (Å²) >= 11 is 12.1. The Kier molecular flexibility index (Phi) is 7.89. The van der Waals surface area contributed by atoms with E-state index in [9.17, 15) is 22.9 Å². The van der Waals surface area contributed by atoms with Crippen LogP contribution in [0.25, 0.3) is 10.8 Å². The molecule has 9 nitrogen and oxygen atoms in total. The van der Waals surface area contributed by atoms with Crippen LogP contribution in [0.1, 0.15) is 22.8 Å². The third kappa shape index (κ3) is 5.58. The molecule has 0 spiro atoms. The molecule has 0 unspecified atom stereocenters. The molecule has 0 fully saturated rings. The summed E-state index contributed by atoms with van der Waals surface area (Å²) in [6, 6.07) is 15.7. The van der Waals surface area contributed by atoms with Crippen molar-refractivity contribution in [2.75, 3.05) is 11.9 Å². The number of aromatic hydroxyl groups is 1. The summed E-state index contributed by atoms with van der Waals surface area (Å²) in [7, 11) is -4.70. The smallest absolute Gasteiger partial charge is 0.297 e. The Morgan fingerprint density at radius 2 is 1.74 bits per heavy atom. The van der Waals surface area contributed by atoms with Crippen molar-refractivity contribution < 1.29 is 27.6 Å². The number of hydrogen-bond donors (Lipinski definition) is 3. The van der Waals surface area contributed by atoms with Crippen LogP contribution in [0, 0.1) is 6.92 Å². The van der Waals surface area contributed by atoms with Crippen molar-refractivity contribution in [3.05, 3.63) is 81.8 Å². The van der Waals surface area contributed by atoms with Crippen LogP contribution in [0.15, 0.2) is 75.8 Å². The third-order valence-electron chi connectivity index (χ3n) is 5.56. The SMILES string of the molecule is CCOc1cc(NC(=O)c2cc3ccccc3c(N=Nc3ccc(Cl)c(C)c3S(=O)(=O)O)c2O)ccc1Cl. The van der Waals surface area contributed by atoms with Gasteiger partial charge in [0.1, 0.15) is 22.0 Å². The summed E-state index contributed by atoms with van der Waals surface area (Å²) in [5.74, 6) is -0.740. The highest BCUT2D eigenvalue weighted by molar-refractivity contribution is 7.86. The highest BCUT2D eigenvalue weighted by Gasteiger charge is 2.22. The highest BCUT2D eigenvalue weighted by atomic mass is 35.5. The van der Waals surface area contributed by atoms with Gasteiger partial charge in [0.25, 0.3) is 16.0 Å². The van der Waals surface area contributed by atoms with Gasteiger partial charge in [0, 0.05) is 22.2 Å². The van der Waals surface area contributed by atoms with Gasteiger partial charge < -0.3 is 15.2 Å². The second-order valence-electron chi connectivity index (χ2n) is 8.07. The van der Waals surface area contributed by atoms with E-state index < -0.39 is 26.7 Å². The molecule has 38 heavy (non-hydrogen) atoms. The predicted octanol–water partition coefficient (Wildman–Crippen LogP) is 7.47. The van der Waals surface area contributed by atoms with Crippen molar-refractivity contribution in [3.8, 4) is 11.5 Å². The first-order chi connectivity index (χ1) is 18.0. The van der Waals surface area contributed by atoms with Gasteiger partial charge in [0.05, 0.1) is 17.2 Å². The maximum Gasteiger partial charge on any atom is 0.297 e. The van der Waals surface area contributed by atoms with Gasteiger partial charge in [-0.25, -0.2) is 0 Å². The highest BCUT2D eigenvalue weighted by Crippen LogP contribution is 2.41. The number of anilines is 1. The number of carbonyl (C=O) groups is 1. The molecule has 0 aliphatic heterocycles. The number of rotatable bonds is 7. The van der Waals surface area contributed by atoms with Gasteiger partial charge in [-0.2, -0.15) is 8.42 Å². The fraction of sp³-hybridized carbons (Fsp3) is 0.115. The molecule has 3 N–H and O–H groups in total. The lowest BCUT2D eigenvalue weighted by Gasteiger charge is -2.13. The molecule has 196 valence electrons. The Morgan fingerprint density at radius 1 is 1.03 bits per heavy atom. The van der Waals surface area contributed by atoms with E-state index in [0.29, 0.717) is 33.8 Å². The second kappa shape index (κ2) is 11.0. The summed E-state index contributed by atoms with van der Waals surface area (Å²) < 4.78 is 39.2. The van der Waals surface area contributed by atoms with Crippen LogP contribution in [0.4, 0.5) is 17.1 Å². The average Bonchev–Trinajstić information content (AvgIpc) is 2.86. The van der Waals surface area contributed by atoms with E-state index in [1.54, 1.807) is 49.4 Å². The molecule has 0 bridgehead atoms. The number of nitrogens with zero attached hydrogens (tertiary/aromatic N) is 2. The number of ether oxygens (including phenoxy) is 1. The van der Waals surface area contributed by atoms with Gasteiger partial charge >= 0.3 is 0 Å². The quantitative estimate of drug-likeness (QED) is 0.155. The van der Waals surface area contributed by atoms with Crippen LogP contribution in [0.2, 0.25) is 10.0 Å². The Balaban J connectivity index is 1.80. The fourth-order valence-electron chi connectivity index (χ4n) is 3.80. The van der Waals surface area contributed by atoms with Crippen LogP contribution in [0.3, 0.4) is 0 Å². The van der Waals surface area contributed by atoms with Gasteiger partial charge in [-0.15, -0.1) is 10.2 Å².